The lowest BCUT2D eigenvalue weighted by molar-refractivity contribution is 0.122. The van der Waals surface area contributed by atoms with Gasteiger partial charge in [0.1, 0.15) is 4.21 Å². The van der Waals surface area contributed by atoms with E-state index in [1.165, 1.54) is 11.3 Å². The number of thiophene rings is 1. The standard InChI is InChI=1S/C19H21N5O3S2/c1-14-2-7-19(28-14)29(25,26)23-16-5-3-15(4-6-16)21-18-12-17(13-20-22-18)24-8-10-27-11-9-24/h2-7,12-13,23H,8-11H2,1H3,(H,21,22). The van der Waals surface area contributed by atoms with Gasteiger partial charge in [-0.3, -0.25) is 4.72 Å². The molecule has 0 radical (unpaired) electrons. The Hall–Kier alpha value is -2.69. The molecule has 0 amide bonds. The van der Waals surface area contributed by atoms with Crippen LogP contribution in [0.1, 0.15) is 4.88 Å². The SMILES string of the molecule is Cc1ccc(S(=O)(=O)Nc2ccc(Nc3cc(N4CCOCC4)cnn3)cc2)s1. The molecule has 0 unspecified atom stereocenters. The quantitative estimate of drug-likeness (QED) is 0.618. The van der Waals surface area contributed by atoms with E-state index in [1.54, 1.807) is 42.6 Å². The summed E-state index contributed by atoms with van der Waals surface area (Å²) in [5.74, 6) is 0.622. The lowest BCUT2D eigenvalue weighted by Crippen LogP contribution is -2.36. The minimum Gasteiger partial charge on any atom is -0.378 e. The Kier molecular flexibility index (Phi) is 5.65. The number of nitrogens with zero attached hydrogens (tertiary/aromatic N) is 3. The first-order valence-corrected chi connectivity index (χ1v) is 11.4. The van der Waals surface area contributed by atoms with Crippen molar-refractivity contribution < 1.29 is 13.2 Å². The third-order valence-corrected chi connectivity index (χ3v) is 7.28. The predicted molar refractivity (Wildman–Crippen MR) is 115 cm³/mol. The Labute approximate surface area is 173 Å². The summed E-state index contributed by atoms with van der Waals surface area (Å²) in [4.78, 5) is 3.15. The minimum atomic E-state index is -3.57. The van der Waals surface area contributed by atoms with E-state index in [0.29, 0.717) is 28.9 Å². The summed E-state index contributed by atoms with van der Waals surface area (Å²) in [6.07, 6.45) is 1.74. The second-order valence-corrected chi connectivity index (χ2v) is 9.77. The van der Waals surface area contributed by atoms with Gasteiger partial charge in [-0.1, -0.05) is 0 Å². The second kappa shape index (κ2) is 8.36. The monoisotopic (exact) mass is 431 g/mol. The molecule has 10 heteroatoms. The number of ether oxygens (including phenoxy) is 1. The fourth-order valence-corrected chi connectivity index (χ4v) is 5.29. The van der Waals surface area contributed by atoms with Gasteiger partial charge in [-0.2, -0.15) is 5.10 Å². The molecular weight excluding hydrogens is 410 g/mol. The molecule has 1 aliphatic rings. The highest BCUT2D eigenvalue weighted by molar-refractivity contribution is 7.94. The highest BCUT2D eigenvalue weighted by Crippen LogP contribution is 2.25. The number of hydrogen-bond acceptors (Lipinski definition) is 8. The van der Waals surface area contributed by atoms with E-state index in [9.17, 15) is 8.42 Å². The molecule has 0 saturated carbocycles. The molecule has 4 rings (SSSR count). The molecule has 152 valence electrons. The van der Waals surface area contributed by atoms with Crippen molar-refractivity contribution in [3.05, 3.63) is 53.5 Å². The molecule has 29 heavy (non-hydrogen) atoms. The van der Waals surface area contributed by atoms with Crippen molar-refractivity contribution in [2.45, 2.75) is 11.1 Å². The van der Waals surface area contributed by atoms with Crippen LogP contribution in [0, 0.1) is 6.92 Å². The van der Waals surface area contributed by atoms with Crippen LogP contribution in [-0.4, -0.2) is 44.9 Å². The number of rotatable bonds is 6. The first-order chi connectivity index (χ1) is 14.0. The fourth-order valence-electron chi connectivity index (χ4n) is 2.94. The molecule has 0 atom stereocenters. The molecular formula is C19H21N5O3S2. The normalized spacial score (nSPS) is 14.6. The fraction of sp³-hybridized carbons (Fsp3) is 0.263. The third kappa shape index (κ3) is 4.84. The molecule has 1 fully saturated rings. The van der Waals surface area contributed by atoms with E-state index in [4.69, 9.17) is 4.74 Å². The maximum atomic E-state index is 12.4. The van der Waals surface area contributed by atoms with E-state index in [0.717, 1.165) is 29.3 Å². The topological polar surface area (TPSA) is 96.5 Å². The smallest absolute Gasteiger partial charge is 0.271 e. The van der Waals surface area contributed by atoms with Gasteiger partial charge in [0.25, 0.3) is 10.0 Å². The summed E-state index contributed by atoms with van der Waals surface area (Å²) in [7, 11) is -3.57. The first-order valence-electron chi connectivity index (χ1n) is 9.11. The van der Waals surface area contributed by atoms with E-state index in [2.05, 4.69) is 25.1 Å². The van der Waals surface area contributed by atoms with E-state index in [1.807, 2.05) is 13.0 Å². The lowest BCUT2D eigenvalue weighted by Gasteiger charge is -2.28. The number of aryl methyl sites for hydroxylation is 1. The van der Waals surface area contributed by atoms with Gasteiger partial charge in [0.2, 0.25) is 0 Å². The van der Waals surface area contributed by atoms with E-state index < -0.39 is 10.0 Å². The van der Waals surface area contributed by atoms with Crippen molar-refractivity contribution in [2.24, 2.45) is 0 Å². The molecule has 0 aliphatic carbocycles. The van der Waals surface area contributed by atoms with Crippen molar-refractivity contribution in [3.63, 3.8) is 0 Å². The molecule has 1 saturated heterocycles. The average Bonchev–Trinajstić information content (AvgIpc) is 3.18. The van der Waals surface area contributed by atoms with Crippen molar-refractivity contribution in [3.8, 4) is 0 Å². The molecule has 2 aromatic heterocycles. The minimum absolute atomic E-state index is 0.299. The van der Waals surface area contributed by atoms with Crippen LogP contribution in [0.5, 0.6) is 0 Å². The lowest BCUT2D eigenvalue weighted by atomic mass is 10.3. The first kappa shape index (κ1) is 19.6. The van der Waals surface area contributed by atoms with Gasteiger partial charge in [0.15, 0.2) is 5.82 Å². The molecule has 1 aliphatic heterocycles. The zero-order chi connectivity index (χ0) is 20.3. The van der Waals surface area contributed by atoms with Crippen molar-refractivity contribution in [1.29, 1.82) is 0 Å². The van der Waals surface area contributed by atoms with Gasteiger partial charge < -0.3 is 15.0 Å². The summed E-state index contributed by atoms with van der Waals surface area (Å²) in [5.41, 5.74) is 2.27. The molecule has 0 bridgehead atoms. The van der Waals surface area contributed by atoms with Gasteiger partial charge >= 0.3 is 0 Å². The van der Waals surface area contributed by atoms with Gasteiger partial charge in [-0.25, -0.2) is 8.42 Å². The number of benzene rings is 1. The summed E-state index contributed by atoms with van der Waals surface area (Å²) in [5, 5.41) is 11.4. The third-order valence-electron chi connectivity index (χ3n) is 4.41. The highest BCUT2D eigenvalue weighted by Gasteiger charge is 2.16. The Morgan fingerprint density at radius 3 is 2.48 bits per heavy atom. The number of anilines is 4. The molecule has 8 nitrogen and oxygen atoms in total. The summed E-state index contributed by atoms with van der Waals surface area (Å²) in [6.45, 7) is 4.93. The predicted octanol–water partition coefficient (Wildman–Crippen LogP) is 3.23. The number of morpholine rings is 1. The summed E-state index contributed by atoms with van der Waals surface area (Å²) in [6, 6.07) is 12.3. The zero-order valence-electron chi connectivity index (χ0n) is 15.8. The Morgan fingerprint density at radius 2 is 1.79 bits per heavy atom. The Balaban J connectivity index is 1.43. The van der Waals surface area contributed by atoms with Crippen molar-refractivity contribution in [1.82, 2.24) is 10.2 Å². The van der Waals surface area contributed by atoms with Crippen LogP contribution < -0.4 is 14.9 Å². The second-order valence-electron chi connectivity index (χ2n) is 6.57. The molecule has 0 spiro atoms. The molecule has 2 N–H and O–H groups in total. The zero-order valence-corrected chi connectivity index (χ0v) is 17.5. The van der Waals surface area contributed by atoms with Gasteiger partial charge in [0.05, 0.1) is 25.1 Å². The maximum absolute atomic E-state index is 12.4. The van der Waals surface area contributed by atoms with Crippen LogP contribution in [0.25, 0.3) is 0 Å². The number of aromatic nitrogens is 2. The molecule has 3 aromatic rings. The molecule has 3 heterocycles. The number of nitrogens with one attached hydrogen (secondary N) is 2. The number of hydrogen-bond donors (Lipinski definition) is 2. The van der Waals surface area contributed by atoms with Gasteiger partial charge in [0, 0.05) is 35.4 Å². The largest absolute Gasteiger partial charge is 0.378 e. The van der Waals surface area contributed by atoms with Crippen molar-refractivity contribution >= 4 is 44.2 Å². The Bertz CT molecular complexity index is 1080. The van der Waals surface area contributed by atoms with Crippen LogP contribution in [0.15, 0.2) is 52.9 Å². The van der Waals surface area contributed by atoms with Crippen LogP contribution in [0.2, 0.25) is 0 Å². The van der Waals surface area contributed by atoms with Gasteiger partial charge in [-0.05, 0) is 43.3 Å². The Morgan fingerprint density at radius 1 is 1.07 bits per heavy atom. The van der Waals surface area contributed by atoms with Crippen LogP contribution in [0.3, 0.4) is 0 Å². The maximum Gasteiger partial charge on any atom is 0.271 e. The van der Waals surface area contributed by atoms with Crippen molar-refractivity contribution in [2.75, 3.05) is 41.2 Å². The highest BCUT2D eigenvalue weighted by atomic mass is 32.2. The number of sulfonamides is 1. The molecule has 1 aromatic carbocycles. The van der Waals surface area contributed by atoms with E-state index >= 15 is 0 Å². The average molecular weight is 432 g/mol. The van der Waals surface area contributed by atoms with E-state index in [-0.39, 0.29) is 0 Å². The van der Waals surface area contributed by atoms with Crippen LogP contribution >= 0.6 is 11.3 Å². The van der Waals surface area contributed by atoms with Crippen LogP contribution in [-0.2, 0) is 14.8 Å². The summed E-state index contributed by atoms with van der Waals surface area (Å²) < 4.78 is 33.1. The van der Waals surface area contributed by atoms with Gasteiger partial charge in [-0.15, -0.1) is 16.4 Å². The van der Waals surface area contributed by atoms with Crippen LogP contribution in [0.4, 0.5) is 22.9 Å². The summed E-state index contributed by atoms with van der Waals surface area (Å²) >= 11 is 1.24.